The highest BCUT2D eigenvalue weighted by Gasteiger charge is 2.17. The van der Waals surface area contributed by atoms with Gasteiger partial charge in [-0.2, -0.15) is 0 Å². The zero-order valence-corrected chi connectivity index (χ0v) is 12.1. The fourth-order valence-electron chi connectivity index (χ4n) is 1.66. The SMILES string of the molecule is CCOC(=O)C(=Nc1ccccc1OC)c1cccs1. The fourth-order valence-corrected chi connectivity index (χ4v) is 2.36. The van der Waals surface area contributed by atoms with Gasteiger partial charge in [-0.05, 0) is 30.5 Å². The van der Waals surface area contributed by atoms with Gasteiger partial charge in [0.25, 0.3) is 0 Å². The van der Waals surface area contributed by atoms with E-state index in [2.05, 4.69) is 4.99 Å². The molecule has 2 rings (SSSR count). The number of thiophene rings is 1. The Hall–Kier alpha value is -2.14. The third-order valence-corrected chi connectivity index (χ3v) is 3.42. The predicted molar refractivity (Wildman–Crippen MR) is 80.1 cm³/mol. The average Bonchev–Trinajstić information content (AvgIpc) is 2.99. The van der Waals surface area contributed by atoms with Crippen molar-refractivity contribution < 1.29 is 14.3 Å². The highest BCUT2D eigenvalue weighted by molar-refractivity contribution is 7.13. The molecule has 0 N–H and O–H groups in total. The molecule has 0 bridgehead atoms. The summed E-state index contributed by atoms with van der Waals surface area (Å²) >= 11 is 1.45. The number of esters is 1. The van der Waals surface area contributed by atoms with Gasteiger partial charge in [-0.3, -0.25) is 0 Å². The molecule has 0 amide bonds. The summed E-state index contributed by atoms with van der Waals surface area (Å²) < 4.78 is 10.3. The summed E-state index contributed by atoms with van der Waals surface area (Å²) in [5.74, 6) is 0.187. The predicted octanol–water partition coefficient (Wildman–Crippen LogP) is 3.44. The summed E-state index contributed by atoms with van der Waals surface area (Å²) in [6.45, 7) is 2.09. The number of aliphatic imine (C=N–C) groups is 1. The van der Waals surface area contributed by atoms with Gasteiger partial charge >= 0.3 is 5.97 Å². The van der Waals surface area contributed by atoms with Gasteiger partial charge < -0.3 is 9.47 Å². The van der Waals surface area contributed by atoms with Crippen LogP contribution in [0.5, 0.6) is 5.75 Å². The van der Waals surface area contributed by atoms with Crippen molar-refractivity contribution in [3.63, 3.8) is 0 Å². The number of ether oxygens (including phenoxy) is 2. The van der Waals surface area contributed by atoms with Crippen LogP contribution < -0.4 is 4.74 Å². The molecule has 1 aromatic heterocycles. The quantitative estimate of drug-likeness (QED) is 0.625. The van der Waals surface area contributed by atoms with E-state index in [0.717, 1.165) is 4.88 Å². The number of benzene rings is 1. The lowest BCUT2D eigenvalue weighted by molar-refractivity contribution is -0.134. The molecular weight excluding hydrogens is 274 g/mol. The third kappa shape index (κ3) is 3.24. The Morgan fingerprint density at radius 2 is 2.05 bits per heavy atom. The highest BCUT2D eigenvalue weighted by Crippen LogP contribution is 2.28. The highest BCUT2D eigenvalue weighted by atomic mass is 32.1. The van der Waals surface area contributed by atoms with E-state index in [-0.39, 0.29) is 0 Å². The molecule has 0 saturated heterocycles. The maximum atomic E-state index is 12.1. The number of para-hydroxylation sites is 2. The number of carbonyl (C=O) groups excluding carboxylic acids is 1. The Balaban J connectivity index is 2.45. The Bertz CT molecular complexity index is 605. The fraction of sp³-hybridized carbons (Fsp3) is 0.200. The molecular formula is C15H15NO3S. The molecule has 0 radical (unpaired) electrons. The van der Waals surface area contributed by atoms with Crippen molar-refractivity contribution in [3.8, 4) is 5.75 Å². The first kappa shape index (κ1) is 14.3. The second-order valence-corrected chi connectivity index (χ2v) is 4.78. The molecule has 104 valence electrons. The molecule has 1 aromatic carbocycles. The van der Waals surface area contributed by atoms with Crippen molar-refractivity contribution in [1.82, 2.24) is 0 Å². The van der Waals surface area contributed by atoms with Crippen LogP contribution >= 0.6 is 11.3 Å². The van der Waals surface area contributed by atoms with Crippen molar-refractivity contribution in [2.45, 2.75) is 6.92 Å². The molecule has 4 nitrogen and oxygen atoms in total. The van der Waals surface area contributed by atoms with Gasteiger partial charge in [0.15, 0.2) is 5.71 Å². The molecule has 0 fully saturated rings. The zero-order valence-electron chi connectivity index (χ0n) is 11.3. The molecule has 2 aromatic rings. The number of nitrogens with zero attached hydrogens (tertiary/aromatic N) is 1. The van der Waals surface area contributed by atoms with Crippen LogP contribution in [0.15, 0.2) is 46.8 Å². The van der Waals surface area contributed by atoms with E-state index < -0.39 is 5.97 Å². The van der Waals surface area contributed by atoms with E-state index in [1.165, 1.54) is 11.3 Å². The maximum absolute atomic E-state index is 12.1. The van der Waals surface area contributed by atoms with E-state index in [9.17, 15) is 4.79 Å². The van der Waals surface area contributed by atoms with Gasteiger partial charge in [0.1, 0.15) is 11.4 Å². The summed E-state index contributed by atoms with van der Waals surface area (Å²) in [6.07, 6.45) is 0. The summed E-state index contributed by atoms with van der Waals surface area (Å²) in [7, 11) is 1.57. The van der Waals surface area contributed by atoms with Crippen LogP contribution in [-0.2, 0) is 9.53 Å². The van der Waals surface area contributed by atoms with Gasteiger partial charge in [0.05, 0.1) is 18.6 Å². The first-order valence-electron chi connectivity index (χ1n) is 6.19. The van der Waals surface area contributed by atoms with Crippen molar-refractivity contribution in [3.05, 3.63) is 46.7 Å². The van der Waals surface area contributed by atoms with Crippen LogP contribution in [-0.4, -0.2) is 25.4 Å². The van der Waals surface area contributed by atoms with Crippen molar-refractivity contribution in [2.24, 2.45) is 4.99 Å². The van der Waals surface area contributed by atoms with Gasteiger partial charge in [0, 0.05) is 0 Å². The molecule has 0 aliphatic heterocycles. The molecule has 0 saturated carbocycles. The van der Waals surface area contributed by atoms with Crippen LogP contribution in [0, 0.1) is 0 Å². The van der Waals surface area contributed by atoms with Gasteiger partial charge in [-0.15, -0.1) is 11.3 Å². The van der Waals surface area contributed by atoms with Crippen LogP contribution in [0.4, 0.5) is 5.69 Å². The summed E-state index contributed by atoms with van der Waals surface area (Å²) in [6, 6.07) is 11.0. The summed E-state index contributed by atoms with van der Waals surface area (Å²) in [4.78, 5) is 17.2. The summed E-state index contributed by atoms with van der Waals surface area (Å²) in [5.41, 5.74) is 0.901. The lowest BCUT2D eigenvalue weighted by atomic mass is 10.2. The van der Waals surface area contributed by atoms with E-state index in [0.29, 0.717) is 23.8 Å². The number of methoxy groups -OCH3 is 1. The molecule has 0 atom stereocenters. The van der Waals surface area contributed by atoms with E-state index in [4.69, 9.17) is 9.47 Å². The Morgan fingerprint density at radius 1 is 1.25 bits per heavy atom. The second kappa shape index (κ2) is 6.86. The normalized spacial score (nSPS) is 11.2. The average molecular weight is 289 g/mol. The minimum absolute atomic E-state index is 0.298. The van der Waals surface area contributed by atoms with Gasteiger partial charge in [-0.1, -0.05) is 18.2 Å². The van der Waals surface area contributed by atoms with Crippen LogP contribution in [0.25, 0.3) is 0 Å². The van der Waals surface area contributed by atoms with E-state index in [1.807, 2.05) is 29.6 Å². The molecule has 0 unspecified atom stereocenters. The Morgan fingerprint density at radius 3 is 2.70 bits per heavy atom. The first-order chi connectivity index (χ1) is 9.76. The Labute approximate surface area is 121 Å². The summed E-state index contributed by atoms with van der Waals surface area (Å²) in [5, 5.41) is 1.90. The molecule has 5 heteroatoms. The zero-order chi connectivity index (χ0) is 14.4. The topological polar surface area (TPSA) is 47.9 Å². The van der Waals surface area contributed by atoms with Crippen molar-refractivity contribution >= 4 is 28.7 Å². The minimum atomic E-state index is -0.430. The van der Waals surface area contributed by atoms with Gasteiger partial charge in [0.2, 0.25) is 0 Å². The lowest BCUT2D eigenvalue weighted by Crippen LogP contribution is -2.17. The van der Waals surface area contributed by atoms with E-state index >= 15 is 0 Å². The molecule has 1 heterocycles. The molecule has 0 spiro atoms. The molecule has 0 aliphatic carbocycles. The standard InChI is InChI=1S/C15H15NO3S/c1-3-19-15(17)14(13-9-6-10-20-13)16-11-7-4-5-8-12(11)18-2/h4-10H,3H2,1-2H3. The number of carbonyl (C=O) groups is 1. The van der Waals surface area contributed by atoms with Crippen molar-refractivity contribution in [1.29, 1.82) is 0 Å². The lowest BCUT2D eigenvalue weighted by Gasteiger charge is -2.07. The van der Waals surface area contributed by atoms with Crippen LogP contribution in [0.1, 0.15) is 11.8 Å². The number of hydrogen-bond acceptors (Lipinski definition) is 5. The molecule has 0 aliphatic rings. The van der Waals surface area contributed by atoms with Crippen LogP contribution in [0.3, 0.4) is 0 Å². The monoisotopic (exact) mass is 289 g/mol. The van der Waals surface area contributed by atoms with Crippen molar-refractivity contribution in [2.75, 3.05) is 13.7 Å². The first-order valence-corrected chi connectivity index (χ1v) is 7.07. The van der Waals surface area contributed by atoms with Crippen LogP contribution in [0.2, 0.25) is 0 Å². The number of rotatable bonds is 5. The second-order valence-electron chi connectivity index (χ2n) is 3.83. The maximum Gasteiger partial charge on any atom is 0.358 e. The molecule has 20 heavy (non-hydrogen) atoms. The van der Waals surface area contributed by atoms with E-state index in [1.54, 1.807) is 26.2 Å². The Kier molecular flexibility index (Phi) is 4.90. The van der Waals surface area contributed by atoms with Gasteiger partial charge in [-0.25, -0.2) is 9.79 Å². The minimum Gasteiger partial charge on any atom is -0.494 e. The largest absolute Gasteiger partial charge is 0.494 e. The third-order valence-electron chi connectivity index (χ3n) is 2.54. The smallest absolute Gasteiger partial charge is 0.358 e. The number of hydrogen-bond donors (Lipinski definition) is 0.